The van der Waals surface area contributed by atoms with Crippen molar-refractivity contribution in [3.63, 3.8) is 0 Å². The number of nitrogens with zero attached hydrogens (tertiary/aromatic N) is 4. The number of benzene rings is 3. The van der Waals surface area contributed by atoms with Crippen molar-refractivity contribution in [2.75, 3.05) is 25.0 Å². The Balaban J connectivity index is 1.15. The van der Waals surface area contributed by atoms with Gasteiger partial charge < -0.3 is 10.2 Å². The van der Waals surface area contributed by atoms with Crippen LogP contribution in [0.3, 0.4) is 0 Å². The molecule has 3 aromatic carbocycles. The fraction of sp³-hybridized carbons (Fsp3) is 0.242. The third-order valence-electron chi connectivity index (χ3n) is 7.45. The minimum absolute atomic E-state index is 0.185. The number of hydrogen-bond acceptors (Lipinski definition) is 4. The minimum Gasteiger partial charge on any atom is -0.322 e. The number of aryl methyl sites for hydroxylation is 1. The molecule has 1 fully saturated rings. The number of carbonyl (C=O) groups is 1. The monoisotopic (exact) mass is 549 g/mol. The highest BCUT2D eigenvalue weighted by Crippen LogP contribution is 2.23. The number of halogens is 1. The number of hydrogen-bond donors (Lipinski definition) is 1. The normalized spacial score (nSPS) is 13.6. The fourth-order valence-electron chi connectivity index (χ4n) is 5.32. The largest absolute Gasteiger partial charge is 0.322 e. The zero-order chi connectivity index (χ0) is 27.3. The van der Waals surface area contributed by atoms with Crippen LogP contribution < -0.4 is 5.32 Å². The number of rotatable bonds is 9. The zero-order valence-corrected chi connectivity index (χ0v) is 23.1. The van der Waals surface area contributed by atoms with Crippen LogP contribution in [-0.4, -0.2) is 45.0 Å². The zero-order valence-electron chi connectivity index (χ0n) is 22.4. The second-order valence-electron chi connectivity index (χ2n) is 10.4. The van der Waals surface area contributed by atoms with E-state index >= 15 is 0 Å². The Bertz CT molecular complexity index is 1600. The van der Waals surface area contributed by atoms with Crippen molar-refractivity contribution < 1.29 is 4.79 Å². The Labute approximate surface area is 239 Å². The predicted octanol–water partition coefficient (Wildman–Crippen LogP) is 6.92. The summed E-state index contributed by atoms with van der Waals surface area (Å²) in [4.78, 5) is 20.3. The van der Waals surface area contributed by atoms with Gasteiger partial charge in [0.05, 0.1) is 5.69 Å². The molecule has 0 radical (unpaired) electrons. The second-order valence-corrected chi connectivity index (χ2v) is 10.8. The van der Waals surface area contributed by atoms with E-state index in [-0.39, 0.29) is 5.91 Å². The summed E-state index contributed by atoms with van der Waals surface area (Å²) in [6, 6.07) is 29.4. The van der Waals surface area contributed by atoms with Gasteiger partial charge in [-0.1, -0.05) is 54.1 Å². The molecule has 0 aliphatic carbocycles. The summed E-state index contributed by atoms with van der Waals surface area (Å²) in [6.07, 6.45) is 5.69. The van der Waals surface area contributed by atoms with E-state index in [1.54, 1.807) is 30.3 Å². The smallest absolute Gasteiger partial charge is 0.255 e. The summed E-state index contributed by atoms with van der Waals surface area (Å²) < 4.78 is 1.86. The molecule has 0 saturated carbocycles. The van der Waals surface area contributed by atoms with Crippen molar-refractivity contribution in [1.29, 1.82) is 0 Å². The number of pyridine rings is 1. The van der Waals surface area contributed by atoms with Crippen molar-refractivity contribution in [2.45, 2.75) is 32.1 Å². The van der Waals surface area contributed by atoms with Gasteiger partial charge in [0.2, 0.25) is 0 Å². The Morgan fingerprint density at radius 3 is 2.42 bits per heavy atom. The van der Waals surface area contributed by atoms with Gasteiger partial charge in [0.15, 0.2) is 11.5 Å². The highest BCUT2D eigenvalue weighted by atomic mass is 35.5. The highest BCUT2D eigenvalue weighted by molar-refractivity contribution is 6.30. The van der Waals surface area contributed by atoms with Crippen LogP contribution in [0.2, 0.25) is 5.02 Å². The Hall–Kier alpha value is -4.00. The van der Waals surface area contributed by atoms with E-state index in [0.29, 0.717) is 22.7 Å². The number of anilines is 1. The molecule has 0 spiro atoms. The SMILES string of the molecule is O=C(Nc1ccc(Cl)cc1)c1cccc(-c2cccc3nc(Cc4ccc(CCCN5CCCC5)cc4)nn23)c1. The summed E-state index contributed by atoms with van der Waals surface area (Å²) in [5, 5.41) is 8.39. The molecule has 1 saturated heterocycles. The van der Waals surface area contributed by atoms with Gasteiger partial charge in [-0.15, -0.1) is 0 Å². The summed E-state index contributed by atoms with van der Waals surface area (Å²) in [6.45, 7) is 3.72. The lowest BCUT2D eigenvalue weighted by Gasteiger charge is -2.13. The number of likely N-dealkylation sites (tertiary alicyclic amines) is 1. The molecule has 3 heterocycles. The van der Waals surface area contributed by atoms with Crippen LogP contribution in [-0.2, 0) is 12.8 Å². The number of carbonyl (C=O) groups excluding carboxylic acids is 1. The quantitative estimate of drug-likeness (QED) is 0.217. The molecule has 40 heavy (non-hydrogen) atoms. The van der Waals surface area contributed by atoms with E-state index in [4.69, 9.17) is 21.7 Å². The van der Waals surface area contributed by atoms with E-state index in [0.717, 1.165) is 29.1 Å². The third-order valence-corrected chi connectivity index (χ3v) is 7.70. The lowest BCUT2D eigenvalue weighted by atomic mass is 10.1. The number of nitrogens with one attached hydrogen (secondary N) is 1. The van der Waals surface area contributed by atoms with Crippen molar-refractivity contribution in [1.82, 2.24) is 19.5 Å². The maximum Gasteiger partial charge on any atom is 0.255 e. The first kappa shape index (κ1) is 26.2. The Morgan fingerprint density at radius 1 is 0.875 bits per heavy atom. The molecule has 1 aliphatic rings. The van der Waals surface area contributed by atoms with Crippen LogP contribution in [0.1, 0.15) is 46.6 Å². The van der Waals surface area contributed by atoms with Gasteiger partial charge in [-0.05, 0) is 105 Å². The summed E-state index contributed by atoms with van der Waals surface area (Å²) in [7, 11) is 0. The number of fused-ring (bicyclic) bond motifs is 1. The highest BCUT2D eigenvalue weighted by Gasteiger charge is 2.13. The Kier molecular flexibility index (Phi) is 7.89. The number of aromatic nitrogens is 3. The predicted molar refractivity (Wildman–Crippen MR) is 161 cm³/mol. The van der Waals surface area contributed by atoms with Crippen molar-refractivity contribution in [3.8, 4) is 11.3 Å². The minimum atomic E-state index is -0.185. The molecule has 6 nitrogen and oxygen atoms in total. The first-order chi connectivity index (χ1) is 19.6. The van der Waals surface area contributed by atoms with Gasteiger partial charge in [0.25, 0.3) is 5.91 Å². The first-order valence-corrected chi connectivity index (χ1v) is 14.3. The molecule has 2 aromatic heterocycles. The Morgan fingerprint density at radius 2 is 1.62 bits per heavy atom. The molecule has 5 aromatic rings. The fourth-order valence-corrected chi connectivity index (χ4v) is 5.44. The van der Waals surface area contributed by atoms with Crippen LogP contribution >= 0.6 is 11.6 Å². The van der Waals surface area contributed by atoms with E-state index in [1.165, 1.54) is 50.0 Å². The van der Waals surface area contributed by atoms with Gasteiger partial charge in [-0.25, -0.2) is 9.50 Å². The molecule has 1 amide bonds. The number of amides is 1. The van der Waals surface area contributed by atoms with Gasteiger partial charge >= 0.3 is 0 Å². The van der Waals surface area contributed by atoms with Crippen LogP contribution in [0.25, 0.3) is 16.9 Å². The summed E-state index contributed by atoms with van der Waals surface area (Å²) in [5.74, 6) is 0.584. The molecule has 6 rings (SSSR count). The molecule has 0 bridgehead atoms. The molecule has 0 atom stereocenters. The molecule has 0 unspecified atom stereocenters. The van der Waals surface area contributed by atoms with E-state index in [1.807, 2.05) is 40.9 Å². The van der Waals surface area contributed by atoms with Crippen LogP contribution in [0.15, 0.2) is 91.0 Å². The lowest BCUT2D eigenvalue weighted by Crippen LogP contribution is -2.20. The average molecular weight is 550 g/mol. The van der Waals surface area contributed by atoms with Crippen LogP contribution in [0, 0.1) is 0 Å². The van der Waals surface area contributed by atoms with Crippen molar-refractivity contribution >= 4 is 28.8 Å². The third kappa shape index (κ3) is 6.24. The summed E-state index contributed by atoms with van der Waals surface area (Å²) in [5.41, 5.74) is 6.38. The molecule has 7 heteroatoms. The molecule has 1 aliphatic heterocycles. The first-order valence-electron chi connectivity index (χ1n) is 13.9. The standard InChI is InChI=1S/C33H32ClN5O/c34-28-15-17-29(18-16-28)35-33(40)27-8-3-7-26(23-27)30-9-4-10-32-36-31(37-39(30)32)22-25-13-11-24(12-14-25)6-5-21-38-19-1-2-20-38/h3-4,7-18,23H,1-2,5-6,19-22H2,(H,35,40). The van der Waals surface area contributed by atoms with E-state index in [2.05, 4.69) is 34.5 Å². The average Bonchev–Trinajstić information content (AvgIpc) is 3.65. The second kappa shape index (κ2) is 12.0. The van der Waals surface area contributed by atoms with Gasteiger partial charge in [-0.3, -0.25) is 4.79 Å². The maximum absolute atomic E-state index is 12.9. The van der Waals surface area contributed by atoms with Gasteiger partial charge in [0, 0.05) is 28.3 Å². The maximum atomic E-state index is 12.9. The van der Waals surface area contributed by atoms with Crippen LogP contribution in [0.4, 0.5) is 5.69 Å². The van der Waals surface area contributed by atoms with E-state index < -0.39 is 0 Å². The molecular formula is C33H32ClN5O. The van der Waals surface area contributed by atoms with Crippen molar-refractivity contribution in [2.24, 2.45) is 0 Å². The van der Waals surface area contributed by atoms with Gasteiger partial charge in [0.1, 0.15) is 0 Å². The van der Waals surface area contributed by atoms with Crippen molar-refractivity contribution in [3.05, 3.63) is 119 Å². The molecule has 202 valence electrons. The van der Waals surface area contributed by atoms with E-state index in [9.17, 15) is 4.79 Å². The van der Waals surface area contributed by atoms with Crippen LogP contribution in [0.5, 0.6) is 0 Å². The molecule has 1 N–H and O–H groups in total. The topological polar surface area (TPSA) is 62.5 Å². The lowest BCUT2D eigenvalue weighted by molar-refractivity contribution is 0.102. The molecular weight excluding hydrogens is 518 g/mol. The van der Waals surface area contributed by atoms with Gasteiger partial charge in [-0.2, -0.15) is 5.10 Å². The summed E-state index contributed by atoms with van der Waals surface area (Å²) >= 11 is 5.96.